The number of methoxy groups -OCH3 is 1. The zero-order valence-electron chi connectivity index (χ0n) is 45.0. The van der Waals surface area contributed by atoms with Crippen molar-refractivity contribution in [1.82, 2.24) is 30.3 Å². The number of aromatic nitrogens is 3. The molecule has 410 valence electrons. The molecule has 3 fully saturated rings. The first-order valence-corrected chi connectivity index (χ1v) is 26.0. The van der Waals surface area contributed by atoms with E-state index in [1.54, 1.807) is 51.7 Å². The normalized spacial score (nSPS) is 39.0. The molecule has 72 heavy (non-hydrogen) atoms. The Morgan fingerprint density at radius 2 is 1.67 bits per heavy atom. The number of carbonyl (C=O) groups excluding carboxylic acids is 2. The van der Waals surface area contributed by atoms with Gasteiger partial charge >= 0.3 is 5.97 Å². The highest BCUT2D eigenvalue weighted by atomic mass is 16.7. The molecule has 1 aromatic heterocycles. The number of carbonyl (C=O) groups is 2. The van der Waals surface area contributed by atoms with Gasteiger partial charge in [0, 0.05) is 63.2 Å². The lowest BCUT2D eigenvalue weighted by Gasteiger charge is -2.49. The van der Waals surface area contributed by atoms with Crippen LogP contribution in [-0.2, 0) is 51.1 Å². The maximum atomic E-state index is 14.5. The number of hydrogen-bond donors (Lipinski definition) is 7. The highest BCUT2D eigenvalue weighted by Crippen LogP contribution is 2.40. The molecule has 4 heterocycles. The fraction of sp³-hybridized carbons (Fsp3) is 0.808. The zero-order valence-corrected chi connectivity index (χ0v) is 45.0. The number of unbranched alkanes of at least 4 members (excludes halogenated alkanes) is 2. The highest BCUT2D eigenvalue weighted by molar-refractivity contribution is 5.74. The quantitative estimate of drug-likeness (QED) is 0.0546. The Kier molecular flexibility index (Phi) is 21.2. The topological polar surface area (TPSA) is 260 Å². The lowest BCUT2D eigenvalue weighted by atomic mass is 9.77. The predicted molar refractivity (Wildman–Crippen MR) is 266 cm³/mol. The minimum Gasteiger partial charge on any atom is -0.459 e. The Morgan fingerprint density at radius 1 is 0.972 bits per heavy atom. The van der Waals surface area contributed by atoms with E-state index >= 15 is 0 Å². The van der Waals surface area contributed by atoms with Gasteiger partial charge < -0.3 is 58.9 Å². The number of likely N-dealkylation sites (N-methyl/N-ethyl adjacent to an activating group) is 2. The van der Waals surface area contributed by atoms with Gasteiger partial charge in [-0.3, -0.25) is 24.4 Å². The molecule has 20 nitrogen and oxygen atoms in total. The Labute approximate surface area is 426 Å². The van der Waals surface area contributed by atoms with Crippen molar-refractivity contribution < 1.29 is 68.8 Å². The van der Waals surface area contributed by atoms with Gasteiger partial charge in [-0.05, 0) is 106 Å². The number of nitrogens with zero attached hydrogens (tertiary/aromatic N) is 5. The van der Waals surface area contributed by atoms with Crippen molar-refractivity contribution in [3.63, 3.8) is 0 Å². The van der Waals surface area contributed by atoms with Crippen LogP contribution in [0.2, 0.25) is 0 Å². The summed E-state index contributed by atoms with van der Waals surface area (Å²) in [6.07, 6.45) is -4.98. The second-order valence-electron chi connectivity index (χ2n) is 22.0. The molecular weight excluding hydrogens is 933 g/mol. The van der Waals surface area contributed by atoms with Crippen molar-refractivity contribution in [2.75, 3.05) is 27.7 Å². The summed E-state index contributed by atoms with van der Waals surface area (Å²) >= 11 is 0. The van der Waals surface area contributed by atoms with Crippen LogP contribution in [0.3, 0.4) is 0 Å². The summed E-state index contributed by atoms with van der Waals surface area (Å²) in [6.45, 7) is 19.0. The van der Waals surface area contributed by atoms with Crippen molar-refractivity contribution in [3.8, 4) is 11.3 Å². The lowest BCUT2D eigenvalue weighted by Crippen LogP contribution is -2.60. The molecule has 0 unspecified atom stereocenters. The second kappa shape index (κ2) is 25.5. The fourth-order valence-corrected chi connectivity index (χ4v) is 11.3. The van der Waals surface area contributed by atoms with Crippen LogP contribution < -0.4 is 5.48 Å². The summed E-state index contributed by atoms with van der Waals surface area (Å²) in [5, 5.41) is 77.6. The lowest BCUT2D eigenvalue weighted by molar-refractivity contribution is -0.318. The van der Waals surface area contributed by atoms with E-state index < -0.39 is 114 Å². The first-order valence-electron chi connectivity index (χ1n) is 26.0. The van der Waals surface area contributed by atoms with Crippen LogP contribution in [-0.4, -0.2) is 185 Å². The van der Waals surface area contributed by atoms with Gasteiger partial charge in [0.2, 0.25) is 5.91 Å². The largest absolute Gasteiger partial charge is 0.459 e. The monoisotopic (exact) mass is 1020 g/mol. The SMILES string of the molecule is CC[C@H]1OC(=O)[C@H](C)[C@@H](O[C@H]2C[C@@](C)(OC)[C@@H](O)[C@H](C)O2)[C@H](C)[C@@H](O[C@@H]2O[C@H](C)C[C@H](N(C)Cc3ccccc3-c3cn(CCCCCC(=O)NO)nn3)[C@@H]2O)[C@](C)(O)C[C@@H](C)CN(C)[C@H](C)[C@@H](O)[C@]1(C)O. The third-order valence-corrected chi connectivity index (χ3v) is 15.8. The summed E-state index contributed by atoms with van der Waals surface area (Å²) in [4.78, 5) is 29.9. The molecule has 18 atom stereocenters. The summed E-state index contributed by atoms with van der Waals surface area (Å²) in [7, 11) is 5.27. The highest BCUT2D eigenvalue weighted by Gasteiger charge is 2.53. The maximum absolute atomic E-state index is 14.5. The molecule has 2 aromatic rings. The summed E-state index contributed by atoms with van der Waals surface area (Å²) in [6, 6.07) is 6.82. The molecule has 0 spiro atoms. The Balaban J connectivity index is 1.47. The number of aliphatic hydroxyl groups excluding tert-OH is 3. The van der Waals surface area contributed by atoms with Gasteiger partial charge in [0.1, 0.15) is 35.7 Å². The van der Waals surface area contributed by atoms with Gasteiger partial charge in [-0.2, -0.15) is 0 Å². The van der Waals surface area contributed by atoms with Crippen molar-refractivity contribution in [2.24, 2.45) is 17.8 Å². The number of aliphatic hydroxyl groups is 5. The van der Waals surface area contributed by atoms with E-state index in [4.69, 9.17) is 33.6 Å². The molecule has 20 heteroatoms. The number of nitrogens with one attached hydrogen (secondary N) is 1. The molecule has 0 aliphatic carbocycles. The first kappa shape index (κ1) is 59.7. The smallest absolute Gasteiger partial charge is 0.311 e. The molecule has 3 saturated heterocycles. The van der Waals surface area contributed by atoms with Gasteiger partial charge in [0.05, 0.1) is 47.7 Å². The second-order valence-corrected chi connectivity index (χ2v) is 22.0. The number of hydroxylamine groups is 1. The number of amides is 1. The fourth-order valence-electron chi connectivity index (χ4n) is 11.3. The van der Waals surface area contributed by atoms with E-state index in [1.165, 1.54) is 14.0 Å². The summed E-state index contributed by atoms with van der Waals surface area (Å²) in [5.41, 5.74) is -0.389. The number of cyclic esters (lactones) is 1. The zero-order chi connectivity index (χ0) is 53.5. The van der Waals surface area contributed by atoms with Crippen LogP contribution in [0.4, 0.5) is 0 Å². The van der Waals surface area contributed by atoms with E-state index in [-0.39, 0.29) is 31.6 Å². The third kappa shape index (κ3) is 14.4. The van der Waals surface area contributed by atoms with E-state index in [9.17, 15) is 35.1 Å². The van der Waals surface area contributed by atoms with Crippen molar-refractivity contribution >= 4 is 11.9 Å². The van der Waals surface area contributed by atoms with Crippen LogP contribution in [0.1, 0.15) is 126 Å². The number of aryl methyl sites for hydroxylation is 1. The van der Waals surface area contributed by atoms with Crippen LogP contribution in [0.15, 0.2) is 30.5 Å². The van der Waals surface area contributed by atoms with E-state index in [0.29, 0.717) is 38.2 Å². The van der Waals surface area contributed by atoms with Crippen LogP contribution in [0.5, 0.6) is 0 Å². The van der Waals surface area contributed by atoms with Gasteiger partial charge in [-0.15, -0.1) is 5.10 Å². The predicted octanol–water partition coefficient (Wildman–Crippen LogP) is 3.80. The summed E-state index contributed by atoms with van der Waals surface area (Å²) < 4.78 is 40.2. The Bertz CT molecular complexity index is 2030. The number of hydrogen-bond acceptors (Lipinski definition) is 18. The molecule has 3 aliphatic rings. The van der Waals surface area contributed by atoms with Crippen LogP contribution >= 0.6 is 0 Å². The van der Waals surface area contributed by atoms with Gasteiger partial charge in [-0.1, -0.05) is 56.7 Å². The average Bonchev–Trinajstić information content (AvgIpc) is 3.81. The average molecular weight is 1020 g/mol. The van der Waals surface area contributed by atoms with Crippen LogP contribution in [0, 0.1) is 17.8 Å². The van der Waals surface area contributed by atoms with E-state index in [1.807, 2.05) is 70.2 Å². The molecule has 7 N–H and O–H groups in total. The van der Waals surface area contributed by atoms with E-state index in [2.05, 4.69) is 15.2 Å². The standard InChI is InChI=1S/C52H88N6O14/c1-14-40-52(10,65)45(61)34(6)56(11)27-30(2)25-50(8,64)47(32(4)44(33(5)48(63)70-40)71-42-26-51(9,67-13)46(62)35(7)69-42)72-49-43(60)39(24-31(3)68-49)57(12)28-36-20-17-18-21-37(36)38-29-58(55-53-38)23-19-15-16-22-41(59)54-66/h17-18,20-21,29-35,39-40,42-47,49,60-62,64-66H,14-16,19,22-28H2,1-13H3,(H,54,59)/t30-,31-,32+,33-,34-,35+,39+,40-,42+,43+,44+,45-,46+,47-,49+,50-,51-,52-/m1/s1. The van der Waals surface area contributed by atoms with Crippen molar-refractivity contribution in [1.29, 1.82) is 0 Å². The molecular formula is C52H88N6O14. The van der Waals surface area contributed by atoms with Gasteiger partial charge in [0.25, 0.3) is 0 Å². The van der Waals surface area contributed by atoms with E-state index in [0.717, 1.165) is 24.0 Å². The van der Waals surface area contributed by atoms with Crippen molar-refractivity contribution in [2.45, 2.75) is 224 Å². The molecule has 0 saturated carbocycles. The minimum absolute atomic E-state index is 0.0915. The Hall–Kier alpha value is -3.22. The summed E-state index contributed by atoms with van der Waals surface area (Å²) in [5.74, 6) is -3.25. The number of esters is 1. The minimum atomic E-state index is -1.85. The number of benzene rings is 1. The maximum Gasteiger partial charge on any atom is 0.311 e. The molecule has 3 aliphatic heterocycles. The first-order chi connectivity index (χ1) is 33.8. The van der Waals surface area contributed by atoms with Gasteiger partial charge in [-0.25, -0.2) is 5.48 Å². The molecule has 5 rings (SSSR count). The number of ether oxygens (including phenoxy) is 6. The molecule has 1 amide bonds. The molecule has 0 radical (unpaired) electrons. The Morgan fingerprint density at radius 3 is 2.33 bits per heavy atom. The van der Waals surface area contributed by atoms with Crippen molar-refractivity contribution in [3.05, 3.63) is 36.0 Å². The van der Waals surface area contributed by atoms with Gasteiger partial charge in [0.15, 0.2) is 12.6 Å². The molecule has 1 aromatic carbocycles. The third-order valence-electron chi connectivity index (χ3n) is 15.8. The molecule has 0 bridgehead atoms. The number of rotatable bonds is 16. The van der Waals surface area contributed by atoms with Crippen LogP contribution in [0.25, 0.3) is 11.3 Å².